The van der Waals surface area contributed by atoms with Crippen molar-refractivity contribution in [3.05, 3.63) is 25.0 Å². The molecule has 0 aromatic carbocycles. The molecule has 0 aliphatic rings. The molecule has 0 aliphatic carbocycles. The van der Waals surface area contributed by atoms with Gasteiger partial charge < -0.3 is 9.13 Å². The van der Waals surface area contributed by atoms with Crippen molar-refractivity contribution in [2.75, 3.05) is 0 Å². The summed E-state index contributed by atoms with van der Waals surface area (Å²) < 4.78 is 3.62. The van der Waals surface area contributed by atoms with Crippen LogP contribution in [0.15, 0.2) is 25.0 Å². The molecule has 8 nitrogen and oxygen atoms in total. The van der Waals surface area contributed by atoms with Gasteiger partial charge in [0.25, 0.3) is 0 Å². The number of hydrogen-bond acceptors (Lipinski definition) is 6. The topological polar surface area (TPSA) is 87.2 Å². The summed E-state index contributed by atoms with van der Waals surface area (Å²) in [5.74, 6) is 0.891. The molecule has 0 amide bonds. The highest BCUT2D eigenvalue weighted by Crippen LogP contribution is 2.14. The lowest BCUT2D eigenvalue weighted by Crippen LogP contribution is -2.03. The van der Waals surface area contributed by atoms with E-state index < -0.39 is 0 Å². The molecule has 0 N–H and O–H groups in total. The quantitative estimate of drug-likeness (QED) is 0.631. The smallest absolute Gasteiger partial charge is 0.221 e. The van der Waals surface area contributed by atoms with Gasteiger partial charge in [0, 0.05) is 14.1 Å². The number of hydrogen-bond donors (Lipinski definition) is 0. The van der Waals surface area contributed by atoms with E-state index in [0.29, 0.717) is 11.6 Å². The fourth-order valence-corrected chi connectivity index (χ4v) is 1.58. The Labute approximate surface area is 102 Å². The maximum absolute atomic E-state index is 4.05. The van der Waals surface area contributed by atoms with Gasteiger partial charge in [0.15, 0.2) is 0 Å². The third kappa shape index (κ3) is 1.63. The van der Waals surface area contributed by atoms with Crippen LogP contribution in [0.2, 0.25) is 0 Å². The van der Waals surface area contributed by atoms with Gasteiger partial charge in [-0.3, -0.25) is 0 Å². The highest BCUT2D eigenvalue weighted by atomic mass is 15.3. The second kappa shape index (κ2) is 3.99. The lowest BCUT2D eigenvalue weighted by molar-refractivity contribution is 0.824. The van der Waals surface area contributed by atoms with Crippen molar-refractivity contribution in [3.8, 4) is 23.0 Å². The van der Waals surface area contributed by atoms with Crippen LogP contribution < -0.4 is 0 Å². The van der Waals surface area contributed by atoms with Gasteiger partial charge in [0.2, 0.25) is 11.6 Å². The standard InChI is InChI=1S/C10H10N8/c1-17-5-11-3-7(17)9-13-15-10(16-14-9)8-4-12-6-18(8)2/h3-6H,1-2H3. The molecular weight excluding hydrogens is 232 g/mol. The fourth-order valence-electron chi connectivity index (χ4n) is 1.58. The van der Waals surface area contributed by atoms with Crippen molar-refractivity contribution >= 4 is 0 Å². The first-order valence-corrected chi connectivity index (χ1v) is 5.26. The minimum atomic E-state index is 0.445. The number of rotatable bonds is 2. The van der Waals surface area contributed by atoms with E-state index in [1.54, 1.807) is 25.0 Å². The van der Waals surface area contributed by atoms with Crippen LogP contribution in [0, 0.1) is 0 Å². The summed E-state index contributed by atoms with van der Waals surface area (Å²) >= 11 is 0. The molecule has 90 valence electrons. The lowest BCUT2D eigenvalue weighted by Gasteiger charge is -2.01. The molecule has 0 aliphatic heterocycles. The van der Waals surface area contributed by atoms with E-state index in [2.05, 4.69) is 30.4 Å². The minimum absolute atomic E-state index is 0.445. The number of aryl methyl sites for hydroxylation is 2. The Hall–Kier alpha value is -2.64. The van der Waals surface area contributed by atoms with Crippen molar-refractivity contribution in [1.29, 1.82) is 0 Å². The highest BCUT2D eigenvalue weighted by molar-refractivity contribution is 5.50. The van der Waals surface area contributed by atoms with Gasteiger partial charge in [-0.25, -0.2) is 9.97 Å². The van der Waals surface area contributed by atoms with Gasteiger partial charge >= 0.3 is 0 Å². The largest absolute Gasteiger partial charge is 0.331 e. The average Bonchev–Trinajstić information content (AvgIpc) is 2.98. The Morgan fingerprint density at radius 3 is 1.39 bits per heavy atom. The van der Waals surface area contributed by atoms with E-state index in [1.807, 2.05) is 23.2 Å². The minimum Gasteiger partial charge on any atom is -0.331 e. The van der Waals surface area contributed by atoms with Gasteiger partial charge in [-0.05, 0) is 0 Å². The van der Waals surface area contributed by atoms with Gasteiger partial charge in [-0.2, -0.15) is 0 Å². The van der Waals surface area contributed by atoms with Crippen LogP contribution in [-0.2, 0) is 14.1 Å². The van der Waals surface area contributed by atoms with E-state index in [4.69, 9.17) is 0 Å². The number of nitrogens with zero attached hydrogens (tertiary/aromatic N) is 8. The second-order valence-corrected chi connectivity index (χ2v) is 3.83. The Morgan fingerprint density at radius 1 is 0.722 bits per heavy atom. The zero-order chi connectivity index (χ0) is 12.5. The maximum atomic E-state index is 4.05. The Morgan fingerprint density at radius 2 is 1.11 bits per heavy atom. The molecule has 0 bridgehead atoms. The molecule has 3 heterocycles. The van der Waals surface area contributed by atoms with E-state index in [9.17, 15) is 0 Å². The Kier molecular flexibility index (Phi) is 2.33. The maximum Gasteiger partial charge on any atom is 0.221 e. The predicted octanol–water partition coefficient (Wildman–Crippen LogP) is 0.0676. The second-order valence-electron chi connectivity index (χ2n) is 3.83. The third-order valence-electron chi connectivity index (χ3n) is 2.57. The summed E-state index contributed by atoms with van der Waals surface area (Å²) in [5, 5.41) is 16.2. The van der Waals surface area contributed by atoms with Crippen molar-refractivity contribution < 1.29 is 0 Å². The molecule has 3 aromatic heterocycles. The van der Waals surface area contributed by atoms with E-state index in [1.165, 1.54) is 0 Å². The van der Waals surface area contributed by atoms with E-state index in [0.717, 1.165) is 11.4 Å². The summed E-state index contributed by atoms with van der Waals surface area (Å²) in [7, 11) is 3.72. The van der Waals surface area contributed by atoms with Crippen LogP contribution in [0.4, 0.5) is 0 Å². The molecule has 0 spiro atoms. The number of aromatic nitrogens is 8. The van der Waals surface area contributed by atoms with Crippen LogP contribution in [0.5, 0.6) is 0 Å². The van der Waals surface area contributed by atoms with Crippen LogP contribution in [0.1, 0.15) is 0 Å². The first-order chi connectivity index (χ1) is 8.75. The van der Waals surface area contributed by atoms with Gasteiger partial charge in [0.1, 0.15) is 11.4 Å². The predicted molar refractivity (Wildman–Crippen MR) is 62.0 cm³/mol. The molecule has 0 saturated heterocycles. The lowest BCUT2D eigenvalue weighted by atomic mass is 10.4. The monoisotopic (exact) mass is 242 g/mol. The Bertz CT molecular complexity index is 606. The normalized spacial score (nSPS) is 10.8. The fraction of sp³-hybridized carbons (Fsp3) is 0.200. The molecule has 3 aromatic rings. The van der Waals surface area contributed by atoms with Crippen LogP contribution in [0.3, 0.4) is 0 Å². The molecule has 18 heavy (non-hydrogen) atoms. The van der Waals surface area contributed by atoms with Crippen molar-refractivity contribution in [3.63, 3.8) is 0 Å². The molecule has 0 fully saturated rings. The highest BCUT2D eigenvalue weighted by Gasteiger charge is 2.10. The summed E-state index contributed by atoms with van der Waals surface area (Å²) in [5.41, 5.74) is 1.54. The first kappa shape index (κ1) is 10.5. The molecule has 3 rings (SSSR count). The van der Waals surface area contributed by atoms with Crippen molar-refractivity contribution in [2.24, 2.45) is 14.1 Å². The first-order valence-electron chi connectivity index (χ1n) is 5.26. The summed E-state index contributed by atoms with van der Waals surface area (Å²) in [6.07, 6.45) is 6.69. The van der Waals surface area contributed by atoms with E-state index >= 15 is 0 Å². The van der Waals surface area contributed by atoms with Crippen molar-refractivity contribution in [2.45, 2.75) is 0 Å². The third-order valence-corrected chi connectivity index (χ3v) is 2.57. The molecule has 0 unspecified atom stereocenters. The number of imidazole rings is 2. The molecule has 0 saturated carbocycles. The zero-order valence-electron chi connectivity index (χ0n) is 9.89. The zero-order valence-corrected chi connectivity index (χ0v) is 9.89. The summed E-state index contributed by atoms with van der Waals surface area (Å²) in [6.45, 7) is 0. The van der Waals surface area contributed by atoms with Crippen LogP contribution in [-0.4, -0.2) is 39.5 Å². The van der Waals surface area contributed by atoms with Crippen LogP contribution >= 0.6 is 0 Å². The summed E-state index contributed by atoms with van der Waals surface area (Å²) in [4.78, 5) is 8.00. The van der Waals surface area contributed by atoms with Gasteiger partial charge in [0.05, 0.1) is 25.0 Å². The molecule has 0 atom stereocenters. The average molecular weight is 242 g/mol. The van der Waals surface area contributed by atoms with Gasteiger partial charge in [-0.1, -0.05) is 0 Å². The SMILES string of the molecule is Cn1cncc1-c1nnc(-c2cncn2C)nn1. The van der Waals surface area contributed by atoms with Gasteiger partial charge in [-0.15, -0.1) is 20.4 Å². The molecule has 0 radical (unpaired) electrons. The Balaban J connectivity index is 2.00. The van der Waals surface area contributed by atoms with E-state index in [-0.39, 0.29) is 0 Å². The van der Waals surface area contributed by atoms with Crippen LogP contribution in [0.25, 0.3) is 23.0 Å². The summed E-state index contributed by atoms with van der Waals surface area (Å²) in [6, 6.07) is 0. The van der Waals surface area contributed by atoms with Crippen molar-refractivity contribution in [1.82, 2.24) is 39.5 Å². The molecule has 8 heteroatoms. The molecular formula is C10H10N8.